The maximum atomic E-state index is 11.3. The predicted octanol–water partition coefficient (Wildman–Crippen LogP) is 2.59. The lowest BCUT2D eigenvalue weighted by Gasteiger charge is -2.06. The second kappa shape index (κ2) is 9.30. The number of carbonyl (C=O) groups is 1. The highest BCUT2D eigenvalue weighted by atomic mass is 16.6. The average Bonchev–Trinajstić information content (AvgIpc) is 2.60. The molecule has 0 N–H and O–H groups in total. The van der Waals surface area contributed by atoms with Crippen molar-refractivity contribution in [3.63, 3.8) is 0 Å². The van der Waals surface area contributed by atoms with Crippen LogP contribution < -0.4 is 0 Å². The Bertz CT molecular complexity index is 589. The van der Waals surface area contributed by atoms with Crippen LogP contribution in [0.3, 0.4) is 0 Å². The van der Waals surface area contributed by atoms with E-state index in [2.05, 4.69) is 15.4 Å². The molecule has 6 heteroatoms. The van der Waals surface area contributed by atoms with Gasteiger partial charge in [-0.25, -0.2) is 0 Å². The van der Waals surface area contributed by atoms with Gasteiger partial charge in [0, 0.05) is 18.2 Å². The van der Waals surface area contributed by atoms with E-state index in [1.807, 2.05) is 36.4 Å². The number of hydrogen-bond acceptors (Lipinski definition) is 6. The highest BCUT2D eigenvalue weighted by Crippen LogP contribution is 2.08. The van der Waals surface area contributed by atoms with E-state index in [9.17, 15) is 4.79 Å². The molecule has 0 saturated heterocycles. The smallest absolute Gasteiger partial charge is 0.305 e. The van der Waals surface area contributed by atoms with Crippen molar-refractivity contribution in [2.45, 2.75) is 19.8 Å². The lowest BCUT2D eigenvalue weighted by molar-refractivity contribution is -0.143. The second-order valence-corrected chi connectivity index (χ2v) is 4.66. The van der Waals surface area contributed by atoms with Gasteiger partial charge in [-0.1, -0.05) is 35.5 Å². The third kappa shape index (κ3) is 5.50. The van der Waals surface area contributed by atoms with Gasteiger partial charge in [-0.05, 0) is 25.5 Å². The monoisotopic (exact) mass is 313 g/mol. The number of hydrogen-bond donors (Lipinski definition) is 0. The van der Waals surface area contributed by atoms with E-state index in [0.29, 0.717) is 37.5 Å². The maximum absolute atomic E-state index is 11.3. The zero-order chi connectivity index (χ0) is 16.3. The van der Waals surface area contributed by atoms with Gasteiger partial charge >= 0.3 is 5.97 Å². The van der Waals surface area contributed by atoms with Crippen molar-refractivity contribution in [2.24, 2.45) is 5.16 Å². The Kier molecular flexibility index (Phi) is 6.71. The largest absolute Gasteiger partial charge is 0.466 e. The fraction of sp³-hybridized carbons (Fsp3) is 0.294. The van der Waals surface area contributed by atoms with Crippen LogP contribution in [0.1, 0.15) is 31.0 Å². The van der Waals surface area contributed by atoms with E-state index in [0.717, 1.165) is 5.56 Å². The first kappa shape index (κ1) is 16.6. The van der Waals surface area contributed by atoms with Gasteiger partial charge in [-0.15, -0.1) is 5.10 Å². The van der Waals surface area contributed by atoms with Crippen LogP contribution in [0.2, 0.25) is 0 Å². The fourth-order valence-electron chi connectivity index (χ4n) is 1.90. The third-order valence-electron chi connectivity index (χ3n) is 2.94. The van der Waals surface area contributed by atoms with Gasteiger partial charge in [0.2, 0.25) is 0 Å². The molecule has 0 bridgehead atoms. The highest BCUT2D eigenvalue weighted by molar-refractivity contribution is 6.11. The first-order valence-electron chi connectivity index (χ1n) is 7.50. The number of oxime groups is 1. The third-order valence-corrected chi connectivity index (χ3v) is 2.94. The molecule has 1 aromatic heterocycles. The minimum atomic E-state index is -0.225. The fourth-order valence-corrected chi connectivity index (χ4v) is 1.90. The molecular formula is C17H19N3O3. The number of esters is 1. The van der Waals surface area contributed by atoms with Crippen LogP contribution in [-0.4, -0.2) is 35.1 Å². The van der Waals surface area contributed by atoms with Gasteiger partial charge in [0.25, 0.3) is 0 Å². The molecular weight excluding hydrogens is 294 g/mol. The Balaban J connectivity index is 1.99. The Labute approximate surface area is 135 Å². The Morgan fingerprint density at radius 1 is 1.17 bits per heavy atom. The molecule has 1 aromatic carbocycles. The van der Waals surface area contributed by atoms with Gasteiger partial charge in [0.15, 0.2) is 0 Å². The van der Waals surface area contributed by atoms with E-state index in [1.54, 1.807) is 19.2 Å². The van der Waals surface area contributed by atoms with Gasteiger partial charge in [0.05, 0.1) is 6.61 Å². The molecule has 23 heavy (non-hydrogen) atoms. The SMILES string of the molecule is CCOC(=O)CCCO/N=C(\c1ccccc1)c1cccnn1. The van der Waals surface area contributed by atoms with E-state index < -0.39 is 0 Å². The van der Waals surface area contributed by atoms with E-state index in [4.69, 9.17) is 9.57 Å². The number of benzene rings is 1. The summed E-state index contributed by atoms with van der Waals surface area (Å²) in [5, 5.41) is 12.1. The highest BCUT2D eigenvalue weighted by Gasteiger charge is 2.09. The minimum Gasteiger partial charge on any atom is -0.466 e. The van der Waals surface area contributed by atoms with Crippen molar-refractivity contribution in [3.8, 4) is 0 Å². The number of ether oxygens (including phenoxy) is 1. The number of nitrogens with zero attached hydrogens (tertiary/aromatic N) is 3. The molecule has 0 unspecified atom stereocenters. The molecule has 120 valence electrons. The van der Waals surface area contributed by atoms with Crippen molar-refractivity contribution in [2.75, 3.05) is 13.2 Å². The van der Waals surface area contributed by atoms with Crippen molar-refractivity contribution < 1.29 is 14.4 Å². The first-order valence-corrected chi connectivity index (χ1v) is 7.50. The molecule has 0 amide bonds. The molecule has 0 aliphatic heterocycles. The Morgan fingerprint density at radius 3 is 2.70 bits per heavy atom. The topological polar surface area (TPSA) is 73.7 Å². The predicted molar refractivity (Wildman–Crippen MR) is 85.9 cm³/mol. The summed E-state index contributed by atoms with van der Waals surface area (Å²) in [6.07, 6.45) is 2.46. The maximum Gasteiger partial charge on any atom is 0.305 e. The summed E-state index contributed by atoms with van der Waals surface area (Å²) >= 11 is 0. The molecule has 0 spiro atoms. The molecule has 0 fully saturated rings. The molecule has 0 aliphatic carbocycles. The average molecular weight is 313 g/mol. The van der Waals surface area contributed by atoms with Crippen LogP contribution in [0, 0.1) is 0 Å². The number of rotatable bonds is 8. The zero-order valence-corrected chi connectivity index (χ0v) is 13.0. The normalized spacial score (nSPS) is 11.1. The van der Waals surface area contributed by atoms with Crippen molar-refractivity contribution in [1.82, 2.24) is 10.2 Å². The summed E-state index contributed by atoms with van der Waals surface area (Å²) in [7, 11) is 0. The summed E-state index contributed by atoms with van der Waals surface area (Å²) in [5.74, 6) is -0.225. The summed E-state index contributed by atoms with van der Waals surface area (Å²) in [6, 6.07) is 13.2. The molecule has 2 aromatic rings. The quantitative estimate of drug-likeness (QED) is 0.324. The first-order chi connectivity index (χ1) is 11.3. The Hall–Kier alpha value is -2.76. The van der Waals surface area contributed by atoms with Crippen LogP contribution in [0.5, 0.6) is 0 Å². The van der Waals surface area contributed by atoms with Gasteiger partial charge in [0.1, 0.15) is 18.0 Å². The summed E-state index contributed by atoms with van der Waals surface area (Å²) in [5.41, 5.74) is 2.12. The molecule has 0 aliphatic rings. The van der Waals surface area contributed by atoms with Crippen molar-refractivity contribution in [3.05, 3.63) is 59.9 Å². The Morgan fingerprint density at radius 2 is 2.00 bits per heavy atom. The summed E-state index contributed by atoms with van der Waals surface area (Å²) in [6.45, 7) is 2.50. The van der Waals surface area contributed by atoms with E-state index in [-0.39, 0.29) is 5.97 Å². The number of carbonyl (C=O) groups excluding carboxylic acids is 1. The van der Waals surface area contributed by atoms with Crippen LogP contribution in [0.25, 0.3) is 0 Å². The van der Waals surface area contributed by atoms with Crippen LogP contribution >= 0.6 is 0 Å². The standard InChI is InChI=1S/C17H19N3O3/c1-2-22-16(21)11-7-13-23-20-17(14-8-4-3-5-9-14)15-10-6-12-18-19-15/h3-6,8-10,12H,2,7,11,13H2,1H3/b20-17+. The summed E-state index contributed by atoms with van der Waals surface area (Å²) in [4.78, 5) is 16.6. The number of aromatic nitrogens is 2. The molecule has 2 rings (SSSR count). The lowest BCUT2D eigenvalue weighted by Crippen LogP contribution is -2.08. The van der Waals surface area contributed by atoms with Gasteiger partial charge in [-0.3, -0.25) is 4.79 Å². The molecule has 0 radical (unpaired) electrons. The van der Waals surface area contributed by atoms with E-state index >= 15 is 0 Å². The van der Waals surface area contributed by atoms with E-state index in [1.165, 1.54) is 0 Å². The summed E-state index contributed by atoms with van der Waals surface area (Å²) < 4.78 is 4.86. The zero-order valence-electron chi connectivity index (χ0n) is 13.0. The van der Waals surface area contributed by atoms with Crippen LogP contribution in [0.15, 0.2) is 53.8 Å². The lowest BCUT2D eigenvalue weighted by atomic mass is 10.1. The second-order valence-electron chi connectivity index (χ2n) is 4.66. The van der Waals surface area contributed by atoms with Crippen LogP contribution in [-0.2, 0) is 14.4 Å². The van der Waals surface area contributed by atoms with Crippen LogP contribution in [0.4, 0.5) is 0 Å². The van der Waals surface area contributed by atoms with Crippen molar-refractivity contribution >= 4 is 11.7 Å². The van der Waals surface area contributed by atoms with Gasteiger partial charge < -0.3 is 9.57 Å². The minimum absolute atomic E-state index is 0.225. The molecule has 6 nitrogen and oxygen atoms in total. The van der Waals surface area contributed by atoms with Crippen molar-refractivity contribution in [1.29, 1.82) is 0 Å². The molecule has 1 heterocycles. The molecule has 0 saturated carbocycles. The molecule has 0 atom stereocenters. The van der Waals surface area contributed by atoms with Gasteiger partial charge in [-0.2, -0.15) is 5.10 Å².